The number of aromatic nitrogens is 2. The number of ether oxygens (including phenoxy) is 2. The van der Waals surface area contributed by atoms with Crippen molar-refractivity contribution in [3.63, 3.8) is 0 Å². The van der Waals surface area contributed by atoms with Crippen LogP contribution in [0.5, 0.6) is 11.5 Å². The van der Waals surface area contributed by atoms with E-state index in [1.165, 1.54) is 14.2 Å². The van der Waals surface area contributed by atoms with Crippen molar-refractivity contribution in [2.24, 2.45) is 9.98 Å². The van der Waals surface area contributed by atoms with Crippen molar-refractivity contribution in [2.45, 2.75) is 6.18 Å². The fraction of sp³-hybridized carbons (Fsp3) is 0.273. The van der Waals surface area contributed by atoms with E-state index in [0.29, 0.717) is 0 Å². The summed E-state index contributed by atoms with van der Waals surface area (Å²) < 4.78 is 48.6. The molecule has 0 amide bonds. The van der Waals surface area contributed by atoms with Crippen molar-refractivity contribution >= 4 is 17.0 Å². The zero-order valence-electron chi connectivity index (χ0n) is 10.8. The van der Waals surface area contributed by atoms with E-state index in [-0.39, 0.29) is 39.2 Å². The Morgan fingerprint density at radius 2 is 1.62 bits per heavy atom. The SMILES string of the molecule is COc1c2c(c(OC)c3[nH]c(C(F)(F)F)nc13)=NC(=N)N=2. The van der Waals surface area contributed by atoms with Gasteiger partial charge in [0.25, 0.3) is 0 Å². The lowest BCUT2D eigenvalue weighted by molar-refractivity contribution is -0.144. The Labute approximate surface area is 114 Å². The monoisotopic (exact) mass is 299 g/mol. The summed E-state index contributed by atoms with van der Waals surface area (Å²) in [7, 11) is 2.56. The van der Waals surface area contributed by atoms with Gasteiger partial charge in [0.15, 0.2) is 11.5 Å². The molecule has 0 unspecified atom stereocenters. The number of nitrogens with one attached hydrogen (secondary N) is 2. The smallest absolute Gasteiger partial charge is 0.449 e. The second kappa shape index (κ2) is 4.17. The average molecular weight is 299 g/mol. The third kappa shape index (κ3) is 1.82. The molecule has 3 rings (SSSR count). The summed E-state index contributed by atoms with van der Waals surface area (Å²) in [5.41, 5.74) is -0.0804. The fourth-order valence-corrected chi connectivity index (χ4v) is 2.12. The molecule has 0 saturated heterocycles. The molecule has 2 N–H and O–H groups in total. The Hall–Kier alpha value is -2.65. The van der Waals surface area contributed by atoms with Crippen LogP contribution < -0.4 is 20.2 Å². The minimum Gasteiger partial charge on any atom is -0.492 e. The first-order chi connectivity index (χ1) is 9.86. The van der Waals surface area contributed by atoms with E-state index in [0.717, 1.165) is 0 Å². The molecule has 2 heterocycles. The van der Waals surface area contributed by atoms with Crippen molar-refractivity contribution < 1.29 is 22.6 Å². The number of hydrogen-bond acceptors (Lipinski definition) is 4. The summed E-state index contributed by atoms with van der Waals surface area (Å²) >= 11 is 0. The van der Waals surface area contributed by atoms with Crippen LogP contribution in [-0.4, -0.2) is 30.1 Å². The van der Waals surface area contributed by atoms with E-state index in [9.17, 15) is 13.2 Å². The van der Waals surface area contributed by atoms with Gasteiger partial charge in [0.2, 0.25) is 11.8 Å². The molecular weight excluding hydrogens is 291 g/mol. The van der Waals surface area contributed by atoms with Crippen LogP contribution in [0.25, 0.3) is 11.0 Å². The lowest BCUT2D eigenvalue weighted by Gasteiger charge is -2.04. The van der Waals surface area contributed by atoms with E-state index in [1.54, 1.807) is 0 Å². The second-order valence-electron chi connectivity index (χ2n) is 4.12. The van der Waals surface area contributed by atoms with Crippen molar-refractivity contribution in [2.75, 3.05) is 14.2 Å². The molecule has 0 bridgehead atoms. The molecule has 0 aliphatic carbocycles. The number of halogens is 3. The lowest BCUT2D eigenvalue weighted by atomic mass is 10.2. The highest BCUT2D eigenvalue weighted by Crippen LogP contribution is 2.32. The van der Waals surface area contributed by atoms with Gasteiger partial charge in [-0.2, -0.15) is 13.2 Å². The zero-order valence-corrected chi connectivity index (χ0v) is 10.8. The molecule has 0 spiro atoms. The molecular formula is C11H8F3N5O2. The van der Waals surface area contributed by atoms with Gasteiger partial charge >= 0.3 is 6.18 Å². The summed E-state index contributed by atoms with van der Waals surface area (Å²) in [6.45, 7) is 0. The van der Waals surface area contributed by atoms with Gasteiger partial charge in [0.05, 0.1) is 14.2 Å². The Morgan fingerprint density at radius 3 is 2.14 bits per heavy atom. The third-order valence-corrected chi connectivity index (χ3v) is 2.91. The number of methoxy groups -OCH3 is 2. The Kier molecular flexibility index (Phi) is 2.65. The number of guanidine groups is 1. The Balaban J connectivity index is 2.52. The summed E-state index contributed by atoms with van der Waals surface area (Å²) in [5, 5.41) is 7.73. The molecule has 0 fully saturated rings. The third-order valence-electron chi connectivity index (χ3n) is 2.91. The maximum atomic E-state index is 12.8. The van der Waals surface area contributed by atoms with E-state index in [1.807, 2.05) is 0 Å². The number of hydrogen-bond donors (Lipinski definition) is 2. The van der Waals surface area contributed by atoms with Gasteiger partial charge in [0.1, 0.15) is 21.7 Å². The molecule has 2 aromatic rings. The van der Waals surface area contributed by atoms with E-state index < -0.39 is 12.0 Å². The van der Waals surface area contributed by atoms with E-state index in [4.69, 9.17) is 14.9 Å². The van der Waals surface area contributed by atoms with Gasteiger partial charge < -0.3 is 14.5 Å². The molecule has 110 valence electrons. The van der Waals surface area contributed by atoms with Crippen LogP contribution in [-0.2, 0) is 6.18 Å². The maximum Gasteiger partial charge on any atom is 0.449 e. The topological polar surface area (TPSA) is 95.7 Å². The number of rotatable bonds is 2. The number of H-pyrrole nitrogens is 1. The predicted octanol–water partition coefficient (Wildman–Crippen LogP) is 0.786. The quantitative estimate of drug-likeness (QED) is 0.858. The Bertz CT molecular complexity index is 821. The summed E-state index contributed by atoms with van der Waals surface area (Å²) in [6.07, 6.45) is -4.64. The summed E-state index contributed by atoms with van der Waals surface area (Å²) in [4.78, 5) is 13.3. The lowest BCUT2D eigenvalue weighted by Crippen LogP contribution is -2.26. The number of nitrogens with zero attached hydrogens (tertiary/aromatic N) is 3. The molecule has 1 aromatic carbocycles. The predicted molar refractivity (Wildman–Crippen MR) is 64.2 cm³/mol. The normalized spacial score (nSPS) is 13.9. The van der Waals surface area contributed by atoms with Gasteiger partial charge in [-0.05, 0) is 0 Å². The average Bonchev–Trinajstić information content (AvgIpc) is 2.98. The van der Waals surface area contributed by atoms with Crippen LogP contribution in [0.1, 0.15) is 5.82 Å². The minimum atomic E-state index is -4.64. The highest BCUT2D eigenvalue weighted by Gasteiger charge is 2.36. The van der Waals surface area contributed by atoms with Crippen molar-refractivity contribution in [3.05, 3.63) is 16.5 Å². The summed E-state index contributed by atoms with van der Waals surface area (Å²) in [5.74, 6) is -1.41. The summed E-state index contributed by atoms with van der Waals surface area (Å²) in [6, 6.07) is 0. The molecule has 1 aromatic heterocycles. The molecule has 1 aliphatic heterocycles. The number of aromatic amines is 1. The van der Waals surface area contributed by atoms with Crippen LogP contribution in [0.3, 0.4) is 0 Å². The largest absolute Gasteiger partial charge is 0.492 e. The van der Waals surface area contributed by atoms with Crippen LogP contribution >= 0.6 is 0 Å². The Morgan fingerprint density at radius 1 is 1.05 bits per heavy atom. The maximum absolute atomic E-state index is 12.8. The van der Waals surface area contributed by atoms with Crippen LogP contribution in [0.15, 0.2) is 9.98 Å². The minimum absolute atomic E-state index is 0.00549. The van der Waals surface area contributed by atoms with Crippen molar-refractivity contribution in [3.8, 4) is 11.5 Å². The van der Waals surface area contributed by atoms with Gasteiger partial charge in [-0.1, -0.05) is 0 Å². The van der Waals surface area contributed by atoms with Crippen LogP contribution in [0.4, 0.5) is 13.2 Å². The first-order valence-corrected chi connectivity index (χ1v) is 5.63. The van der Waals surface area contributed by atoms with Crippen molar-refractivity contribution in [1.82, 2.24) is 9.97 Å². The van der Waals surface area contributed by atoms with Crippen LogP contribution in [0, 0.1) is 5.41 Å². The number of fused-ring (bicyclic) bond motifs is 2. The molecule has 21 heavy (non-hydrogen) atoms. The molecule has 0 saturated carbocycles. The molecule has 7 nitrogen and oxygen atoms in total. The second-order valence-corrected chi connectivity index (χ2v) is 4.12. The zero-order chi connectivity index (χ0) is 15.4. The molecule has 0 radical (unpaired) electrons. The van der Waals surface area contributed by atoms with Gasteiger partial charge in [-0.25, -0.2) is 15.0 Å². The number of alkyl halides is 3. The number of benzene rings is 1. The molecule has 1 aliphatic rings. The highest BCUT2D eigenvalue weighted by molar-refractivity contribution is 5.90. The van der Waals surface area contributed by atoms with E-state index in [2.05, 4.69) is 20.0 Å². The number of imidazole rings is 1. The first-order valence-electron chi connectivity index (χ1n) is 5.63. The highest BCUT2D eigenvalue weighted by atomic mass is 19.4. The molecule has 10 heteroatoms. The first kappa shape index (κ1) is 13.3. The van der Waals surface area contributed by atoms with Gasteiger partial charge in [-0.3, -0.25) is 5.41 Å². The standard InChI is InChI=1S/C11H8F3N5O2/c1-20-7-3-4(17-9(16-3)11(12,13)14)8(21-2)6-5(7)18-10(15)19-6/h15H,1-2H3,(H,16,17). The van der Waals surface area contributed by atoms with Crippen molar-refractivity contribution in [1.29, 1.82) is 5.41 Å². The fourth-order valence-electron chi connectivity index (χ4n) is 2.12. The van der Waals surface area contributed by atoms with E-state index >= 15 is 0 Å². The molecule has 0 atom stereocenters. The van der Waals surface area contributed by atoms with Gasteiger partial charge in [0, 0.05) is 0 Å². The van der Waals surface area contributed by atoms with Crippen LogP contribution in [0.2, 0.25) is 0 Å². The van der Waals surface area contributed by atoms with Gasteiger partial charge in [-0.15, -0.1) is 0 Å².